The van der Waals surface area contributed by atoms with Crippen molar-refractivity contribution in [2.75, 3.05) is 0 Å². The Balaban J connectivity index is 2.88. The Morgan fingerprint density at radius 1 is 1.56 bits per heavy atom. The first-order valence-electron chi connectivity index (χ1n) is 2.49. The quantitative estimate of drug-likeness (QED) is 0.508. The van der Waals surface area contributed by atoms with Crippen molar-refractivity contribution < 1.29 is 0 Å². The minimum atomic E-state index is 0.541. The minimum absolute atomic E-state index is 0.541. The molecule has 0 spiro atoms. The van der Waals surface area contributed by atoms with Gasteiger partial charge in [0, 0.05) is 11.5 Å². The fraction of sp³-hybridized carbons (Fsp3) is 0.167. The summed E-state index contributed by atoms with van der Waals surface area (Å²) in [5.74, 6) is 0. The summed E-state index contributed by atoms with van der Waals surface area (Å²) in [4.78, 5) is 3.89. The first-order valence-corrected chi connectivity index (χ1v) is 3.99. The largest absolute Gasteiger partial charge is 0.244 e. The summed E-state index contributed by atoms with van der Waals surface area (Å²) in [7, 11) is 0. The van der Waals surface area contributed by atoms with Gasteiger partial charge in [0.2, 0.25) is 0 Å². The maximum absolute atomic E-state index is 5.54. The van der Waals surface area contributed by atoms with Gasteiger partial charge in [0.25, 0.3) is 0 Å². The van der Waals surface area contributed by atoms with Gasteiger partial charge in [-0.1, -0.05) is 33.6 Å². The molecule has 0 aliphatic carbocycles. The fourth-order valence-corrected chi connectivity index (χ4v) is 0.929. The summed E-state index contributed by atoms with van der Waals surface area (Å²) < 4.78 is 0. The van der Waals surface area contributed by atoms with Crippen LogP contribution in [0.15, 0.2) is 18.3 Å². The number of hydrogen-bond acceptors (Lipinski definition) is 1. The van der Waals surface area contributed by atoms with E-state index in [2.05, 4.69) is 20.9 Å². The number of hydrogen-bond donors (Lipinski definition) is 0. The lowest BCUT2D eigenvalue weighted by Crippen LogP contribution is -1.78. The van der Waals surface area contributed by atoms with E-state index in [4.69, 9.17) is 11.6 Å². The van der Waals surface area contributed by atoms with Gasteiger partial charge >= 0.3 is 0 Å². The number of halogens is 2. The van der Waals surface area contributed by atoms with Crippen molar-refractivity contribution in [3.8, 4) is 0 Å². The average molecular weight is 206 g/mol. The van der Waals surface area contributed by atoms with E-state index in [1.807, 2.05) is 6.07 Å². The van der Waals surface area contributed by atoms with Crippen molar-refractivity contribution in [1.82, 2.24) is 4.98 Å². The number of alkyl halides is 1. The van der Waals surface area contributed by atoms with Crippen molar-refractivity contribution in [3.05, 3.63) is 29.0 Å². The van der Waals surface area contributed by atoms with Gasteiger partial charge in [0.05, 0.1) is 0 Å². The van der Waals surface area contributed by atoms with Crippen LogP contribution < -0.4 is 0 Å². The molecule has 0 unspecified atom stereocenters. The summed E-state index contributed by atoms with van der Waals surface area (Å²) in [5, 5.41) is 1.37. The molecular weight excluding hydrogens is 201 g/mol. The Bertz CT molecular complexity index is 185. The molecule has 0 aromatic carbocycles. The van der Waals surface area contributed by atoms with E-state index >= 15 is 0 Å². The van der Waals surface area contributed by atoms with E-state index in [1.54, 1.807) is 12.3 Å². The molecule has 0 saturated heterocycles. The Morgan fingerprint density at radius 3 is 2.78 bits per heavy atom. The third-order valence-electron chi connectivity index (χ3n) is 0.943. The summed E-state index contributed by atoms with van der Waals surface area (Å²) >= 11 is 8.84. The van der Waals surface area contributed by atoms with Crippen LogP contribution in [-0.4, -0.2) is 4.98 Å². The second-order valence-corrected chi connectivity index (χ2v) is 2.57. The molecule has 0 fully saturated rings. The van der Waals surface area contributed by atoms with Crippen molar-refractivity contribution >= 4 is 27.5 Å². The zero-order chi connectivity index (χ0) is 6.69. The van der Waals surface area contributed by atoms with Crippen LogP contribution in [0.1, 0.15) is 5.56 Å². The van der Waals surface area contributed by atoms with Crippen LogP contribution in [0.2, 0.25) is 5.15 Å². The smallest absolute Gasteiger partial charge is 0.129 e. The molecule has 0 N–H and O–H groups in total. The highest BCUT2D eigenvalue weighted by Gasteiger charge is 1.88. The summed E-state index contributed by atoms with van der Waals surface area (Å²) in [6.07, 6.45) is 1.75. The highest BCUT2D eigenvalue weighted by atomic mass is 79.9. The lowest BCUT2D eigenvalue weighted by molar-refractivity contribution is 1.26. The number of nitrogens with zero attached hydrogens (tertiary/aromatic N) is 1. The van der Waals surface area contributed by atoms with E-state index in [1.165, 1.54) is 0 Å². The van der Waals surface area contributed by atoms with E-state index in [9.17, 15) is 0 Å². The van der Waals surface area contributed by atoms with Crippen LogP contribution in [-0.2, 0) is 5.33 Å². The van der Waals surface area contributed by atoms with E-state index in [0.717, 1.165) is 10.9 Å². The Labute approximate surface area is 67.2 Å². The molecule has 1 aromatic rings. The van der Waals surface area contributed by atoms with Crippen LogP contribution in [0, 0.1) is 0 Å². The molecule has 0 radical (unpaired) electrons. The topological polar surface area (TPSA) is 12.9 Å². The van der Waals surface area contributed by atoms with Gasteiger partial charge < -0.3 is 0 Å². The average Bonchev–Trinajstić information content (AvgIpc) is 1.90. The molecule has 0 aliphatic rings. The van der Waals surface area contributed by atoms with Gasteiger partial charge in [-0.15, -0.1) is 0 Å². The van der Waals surface area contributed by atoms with Gasteiger partial charge in [-0.05, 0) is 11.6 Å². The van der Waals surface area contributed by atoms with Gasteiger partial charge in [-0.3, -0.25) is 0 Å². The highest BCUT2D eigenvalue weighted by Crippen LogP contribution is 2.07. The van der Waals surface area contributed by atoms with Crippen molar-refractivity contribution in [3.63, 3.8) is 0 Å². The Hall–Kier alpha value is -0.0800. The van der Waals surface area contributed by atoms with Gasteiger partial charge in [0.1, 0.15) is 5.15 Å². The predicted octanol–water partition coefficient (Wildman–Crippen LogP) is 2.63. The standard InChI is InChI=1S/C6H5BrClN/c7-3-5-1-2-6(8)9-4-5/h1-2,4H,3H2. The van der Waals surface area contributed by atoms with E-state index in [-0.39, 0.29) is 0 Å². The second-order valence-electron chi connectivity index (χ2n) is 1.62. The first-order chi connectivity index (χ1) is 4.33. The monoisotopic (exact) mass is 205 g/mol. The normalized spacial score (nSPS) is 9.56. The second kappa shape index (κ2) is 3.18. The van der Waals surface area contributed by atoms with Crippen LogP contribution in [0.3, 0.4) is 0 Å². The van der Waals surface area contributed by atoms with E-state index in [0.29, 0.717) is 5.15 Å². The van der Waals surface area contributed by atoms with Crippen LogP contribution in [0.25, 0.3) is 0 Å². The maximum atomic E-state index is 5.54. The molecule has 1 heterocycles. The zero-order valence-electron chi connectivity index (χ0n) is 4.64. The first kappa shape index (κ1) is 7.03. The lowest BCUT2D eigenvalue weighted by Gasteiger charge is -1.91. The van der Waals surface area contributed by atoms with Crippen LogP contribution in [0.5, 0.6) is 0 Å². The molecule has 0 aliphatic heterocycles. The molecule has 1 aromatic heterocycles. The molecule has 1 rings (SSSR count). The van der Waals surface area contributed by atoms with Gasteiger partial charge in [0.15, 0.2) is 0 Å². The fourth-order valence-electron chi connectivity index (χ4n) is 0.485. The molecule has 3 heteroatoms. The number of aromatic nitrogens is 1. The summed E-state index contributed by atoms with van der Waals surface area (Å²) in [6, 6.07) is 3.71. The minimum Gasteiger partial charge on any atom is -0.244 e. The number of rotatable bonds is 1. The van der Waals surface area contributed by atoms with Crippen LogP contribution >= 0.6 is 27.5 Å². The molecule has 1 nitrogen and oxygen atoms in total. The zero-order valence-corrected chi connectivity index (χ0v) is 6.98. The van der Waals surface area contributed by atoms with Crippen molar-refractivity contribution in [1.29, 1.82) is 0 Å². The van der Waals surface area contributed by atoms with Gasteiger partial charge in [-0.2, -0.15) is 0 Å². The van der Waals surface area contributed by atoms with Gasteiger partial charge in [-0.25, -0.2) is 4.98 Å². The molecule has 0 amide bonds. The lowest BCUT2D eigenvalue weighted by atomic mass is 10.3. The number of pyridine rings is 1. The molecule has 9 heavy (non-hydrogen) atoms. The molecule has 0 bridgehead atoms. The Kier molecular flexibility index (Phi) is 2.49. The molecule has 0 saturated carbocycles. The molecular formula is C6H5BrClN. The Morgan fingerprint density at radius 2 is 2.33 bits per heavy atom. The highest BCUT2D eigenvalue weighted by molar-refractivity contribution is 9.08. The molecule has 48 valence electrons. The third-order valence-corrected chi connectivity index (χ3v) is 1.81. The van der Waals surface area contributed by atoms with E-state index < -0.39 is 0 Å². The van der Waals surface area contributed by atoms with Crippen LogP contribution in [0.4, 0.5) is 0 Å². The molecule has 0 atom stereocenters. The van der Waals surface area contributed by atoms with Crippen molar-refractivity contribution in [2.24, 2.45) is 0 Å². The third kappa shape index (κ3) is 1.95. The maximum Gasteiger partial charge on any atom is 0.129 e. The summed E-state index contributed by atoms with van der Waals surface area (Å²) in [5.41, 5.74) is 1.14. The summed E-state index contributed by atoms with van der Waals surface area (Å²) in [6.45, 7) is 0. The predicted molar refractivity (Wildman–Crippen MR) is 41.9 cm³/mol. The van der Waals surface area contributed by atoms with Crippen molar-refractivity contribution in [2.45, 2.75) is 5.33 Å². The SMILES string of the molecule is Clc1ccc(CBr)cn1.